The number of alkyl halides is 3. The Balaban J connectivity index is 2.45. The lowest BCUT2D eigenvalue weighted by Gasteiger charge is -2.16. The Hall–Kier alpha value is -1.67. The monoisotopic (exact) mass is 514 g/mol. The largest absolute Gasteiger partial charge is 0.404 e. The van der Waals surface area contributed by atoms with Crippen LogP contribution in [0.2, 0.25) is 15.1 Å². The fourth-order valence-electron chi connectivity index (χ4n) is 2.15. The third kappa shape index (κ3) is 4.80. The Morgan fingerprint density at radius 1 is 1.13 bits per heavy atom. The van der Waals surface area contributed by atoms with Crippen molar-refractivity contribution in [1.82, 2.24) is 14.3 Å². The van der Waals surface area contributed by atoms with Crippen LogP contribution in [0.1, 0.15) is 17.4 Å². The van der Waals surface area contributed by atoms with E-state index in [2.05, 4.69) is 4.98 Å². The van der Waals surface area contributed by atoms with Gasteiger partial charge in [-0.15, -0.1) is 0 Å². The fraction of sp³-hybridized carbons (Fsp3) is 0.286. The smallest absolute Gasteiger partial charge is 0.344 e. The second-order valence-electron chi connectivity index (χ2n) is 5.80. The predicted molar refractivity (Wildman–Crippen MR) is 98.4 cm³/mol. The van der Waals surface area contributed by atoms with Gasteiger partial charge in [-0.1, -0.05) is 34.8 Å². The van der Waals surface area contributed by atoms with Crippen molar-refractivity contribution in [2.75, 3.05) is 5.32 Å². The van der Waals surface area contributed by atoms with E-state index in [1.54, 1.807) is 0 Å². The van der Waals surface area contributed by atoms with Gasteiger partial charge in [-0.05, 0) is 6.92 Å². The van der Waals surface area contributed by atoms with Crippen molar-refractivity contribution >= 4 is 56.4 Å². The van der Waals surface area contributed by atoms with Crippen LogP contribution < -0.4 is 10.0 Å². The lowest BCUT2D eigenvalue weighted by Crippen LogP contribution is -2.42. The highest BCUT2D eigenvalue weighted by Gasteiger charge is 2.40. The topological polar surface area (TPSA) is 93.1 Å². The molecule has 0 bridgehead atoms. The van der Waals surface area contributed by atoms with Gasteiger partial charge in [0.15, 0.2) is 0 Å². The Labute approximate surface area is 181 Å². The van der Waals surface area contributed by atoms with Crippen molar-refractivity contribution in [3.63, 3.8) is 0 Å². The maximum atomic E-state index is 13.5. The summed E-state index contributed by atoms with van der Waals surface area (Å²) in [6.07, 6.45) is -4.10. The van der Waals surface area contributed by atoms with E-state index in [1.807, 2.05) is 5.32 Å². The van der Waals surface area contributed by atoms with Crippen LogP contribution in [-0.2, 0) is 17.1 Å². The molecule has 2 N–H and O–H groups in total. The fourth-order valence-corrected chi connectivity index (χ4v) is 4.49. The number of hydrogen-bond acceptors (Lipinski definition) is 4. The second kappa shape index (κ2) is 8.46. The van der Waals surface area contributed by atoms with E-state index in [0.29, 0.717) is 6.92 Å². The van der Waals surface area contributed by atoms with Crippen LogP contribution in [0.15, 0.2) is 11.1 Å². The molecule has 7 nitrogen and oxygen atoms in total. The SMILES string of the molecule is CC(NS(=O)(=O)c1cn(C)c(C(=O)Nc2c(Cl)c(F)nc(F)c2Cl)c1Cl)C(F)(F)F. The standard InChI is InChI=1S/C14H10Cl3F5N4O3S/c1-4(14(20,21)22)25-30(28,29)5-3-26(2)10(6(5)15)13(27)23-9-7(16)11(18)24-12(19)8(9)17/h3-4,25H,1-2H3,(H,23,24,27). The van der Waals surface area contributed by atoms with Gasteiger partial charge in [0, 0.05) is 13.2 Å². The molecular formula is C14H10Cl3F5N4O3S. The summed E-state index contributed by atoms with van der Waals surface area (Å²) >= 11 is 17.1. The van der Waals surface area contributed by atoms with E-state index in [0.717, 1.165) is 17.8 Å². The van der Waals surface area contributed by atoms with E-state index in [9.17, 15) is 35.2 Å². The third-order valence-corrected chi connectivity index (χ3v) is 6.39. The molecule has 2 aromatic rings. The minimum atomic E-state index is -4.88. The number of sulfonamides is 1. The summed E-state index contributed by atoms with van der Waals surface area (Å²) in [6, 6.07) is -2.45. The highest BCUT2D eigenvalue weighted by Crippen LogP contribution is 2.35. The van der Waals surface area contributed by atoms with Gasteiger partial charge in [-0.2, -0.15) is 31.7 Å². The number of nitrogens with one attached hydrogen (secondary N) is 2. The van der Waals surface area contributed by atoms with Crippen molar-refractivity contribution < 1.29 is 35.2 Å². The number of carbonyl (C=O) groups excluding carboxylic acids is 1. The number of carbonyl (C=O) groups is 1. The molecule has 0 fully saturated rings. The highest BCUT2D eigenvalue weighted by atomic mass is 35.5. The quantitative estimate of drug-likeness (QED) is 0.462. The highest BCUT2D eigenvalue weighted by molar-refractivity contribution is 7.89. The molecule has 0 aliphatic heterocycles. The number of halogens is 8. The van der Waals surface area contributed by atoms with Crippen molar-refractivity contribution in [2.24, 2.45) is 7.05 Å². The van der Waals surface area contributed by atoms with Crippen molar-refractivity contribution in [3.05, 3.63) is 38.9 Å². The van der Waals surface area contributed by atoms with E-state index in [1.165, 1.54) is 4.72 Å². The molecule has 0 saturated carbocycles. The zero-order valence-corrected chi connectivity index (χ0v) is 17.8. The maximum Gasteiger partial charge on any atom is 0.404 e. The first-order valence-electron chi connectivity index (χ1n) is 7.53. The normalized spacial score (nSPS) is 13.4. The summed E-state index contributed by atoms with van der Waals surface area (Å²) in [6.45, 7) is 0.568. The van der Waals surface area contributed by atoms with Gasteiger partial charge < -0.3 is 9.88 Å². The first-order chi connectivity index (χ1) is 13.6. The Kier molecular flexibility index (Phi) is 6.94. The van der Waals surface area contributed by atoms with E-state index < -0.39 is 71.4 Å². The molecule has 30 heavy (non-hydrogen) atoms. The minimum Gasteiger partial charge on any atom is -0.344 e. The Morgan fingerprint density at radius 2 is 1.63 bits per heavy atom. The second-order valence-corrected chi connectivity index (χ2v) is 8.62. The number of pyridine rings is 1. The first kappa shape index (κ1) is 24.6. The van der Waals surface area contributed by atoms with Gasteiger partial charge in [0.2, 0.25) is 21.9 Å². The molecule has 0 aliphatic rings. The average molecular weight is 516 g/mol. The molecule has 2 rings (SSSR count). The van der Waals surface area contributed by atoms with Crippen LogP contribution in [0.3, 0.4) is 0 Å². The summed E-state index contributed by atoms with van der Waals surface area (Å²) in [5.74, 6) is -4.18. The van der Waals surface area contributed by atoms with Crippen molar-refractivity contribution in [1.29, 1.82) is 0 Å². The molecular weight excluding hydrogens is 506 g/mol. The van der Waals surface area contributed by atoms with Crippen LogP contribution in [0.4, 0.5) is 27.6 Å². The number of aromatic nitrogens is 2. The molecule has 0 spiro atoms. The summed E-state index contributed by atoms with van der Waals surface area (Å²) < 4.78 is 91.8. The molecule has 16 heteroatoms. The predicted octanol–water partition coefficient (Wildman–Crippen LogP) is 4.14. The number of rotatable bonds is 5. The van der Waals surface area contributed by atoms with Gasteiger partial charge in [0.25, 0.3) is 5.91 Å². The summed E-state index contributed by atoms with van der Waals surface area (Å²) in [5, 5.41) is -0.465. The average Bonchev–Trinajstić information content (AvgIpc) is 2.91. The number of nitrogens with zero attached hydrogens (tertiary/aromatic N) is 2. The Bertz CT molecular complexity index is 1090. The van der Waals surface area contributed by atoms with Crippen LogP contribution in [0, 0.1) is 11.9 Å². The summed E-state index contributed by atoms with van der Waals surface area (Å²) in [4.78, 5) is 14.4. The van der Waals surface area contributed by atoms with Crippen LogP contribution >= 0.6 is 34.8 Å². The molecule has 1 amide bonds. The van der Waals surface area contributed by atoms with Crippen LogP contribution in [0.5, 0.6) is 0 Å². The number of hydrogen-bond donors (Lipinski definition) is 2. The number of anilines is 1. The number of aryl methyl sites for hydroxylation is 1. The zero-order chi connectivity index (χ0) is 23.2. The van der Waals surface area contributed by atoms with Gasteiger partial charge in [0.05, 0.1) is 10.7 Å². The lowest BCUT2D eigenvalue weighted by atomic mass is 10.3. The van der Waals surface area contributed by atoms with Gasteiger partial charge in [-0.3, -0.25) is 4.79 Å². The molecule has 2 heterocycles. The van der Waals surface area contributed by atoms with Crippen LogP contribution in [0.25, 0.3) is 0 Å². The van der Waals surface area contributed by atoms with E-state index in [-0.39, 0.29) is 0 Å². The lowest BCUT2D eigenvalue weighted by molar-refractivity contribution is -0.147. The first-order valence-corrected chi connectivity index (χ1v) is 10.1. The van der Waals surface area contributed by atoms with Gasteiger partial charge in [-0.25, -0.2) is 8.42 Å². The van der Waals surface area contributed by atoms with Crippen molar-refractivity contribution in [3.8, 4) is 0 Å². The van der Waals surface area contributed by atoms with Gasteiger partial charge >= 0.3 is 6.18 Å². The van der Waals surface area contributed by atoms with Crippen molar-refractivity contribution in [2.45, 2.75) is 24.0 Å². The Morgan fingerprint density at radius 3 is 2.10 bits per heavy atom. The molecule has 0 aromatic carbocycles. The molecule has 0 aliphatic carbocycles. The van der Waals surface area contributed by atoms with E-state index in [4.69, 9.17) is 34.8 Å². The molecule has 2 aromatic heterocycles. The number of amides is 1. The van der Waals surface area contributed by atoms with Crippen LogP contribution in [-0.4, -0.2) is 36.1 Å². The molecule has 0 saturated heterocycles. The summed E-state index contributed by atoms with van der Waals surface area (Å²) in [7, 11) is -3.64. The maximum absolute atomic E-state index is 13.5. The zero-order valence-electron chi connectivity index (χ0n) is 14.7. The molecule has 166 valence electrons. The molecule has 1 unspecified atom stereocenters. The van der Waals surface area contributed by atoms with Gasteiger partial charge in [0.1, 0.15) is 26.7 Å². The summed E-state index contributed by atoms with van der Waals surface area (Å²) in [5.41, 5.74) is -1.28. The molecule has 0 radical (unpaired) electrons. The minimum absolute atomic E-state index is 0.568. The molecule has 1 atom stereocenters. The third-order valence-electron chi connectivity index (χ3n) is 3.65. The van der Waals surface area contributed by atoms with E-state index >= 15 is 0 Å².